The lowest BCUT2D eigenvalue weighted by Crippen LogP contribution is -2.10. The lowest BCUT2D eigenvalue weighted by atomic mass is 9.96. The molecule has 0 unspecified atom stereocenters. The number of fused-ring (bicyclic) bond motifs is 10. The van der Waals surface area contributed by atoms with Crippen LogP contribution in [-0.2, 0) is 0 Å². The van der Waals surface area contributed by atoms with E-state index in [1.165, 1.54) is 49.2 Å². The molecule has 1 N–H and O–H groups in total. The molecule has 0 aliphatic carbocycles. The molecule has 0 bridgehead atoms. The van der Waals surface area contributed by atoms with Gasteiger partial charge in [0.15, 0.2) is 11.2 Å². The van der Waals surface area contributed by atoms with E-state index in [-0.39, 0.29) is 0 Å². The minimum Gasteiger partial charge on any atom is -0.453 e. The standard InChI is InChI=1S/C40H27NO.C28H19NO.C12H9Br/c1-4-13-28(14-5-1)29-23-25-33(26-24-29)41(32-18-8-3-9-19-32)37-22-12-21-35-38-34-20-11-10-17-31(34)27-36(40(38)42-39(35)37)30-15-6-2-7-16-30;1-3-10-19(11-4-1)24-18-20-12-7-8-15-22(20)26-23-16-9-17-25(27(23)30-28(24)26)29-21-13-5-2-6-14-21;13-12-8-6-11(7-9-12)10-4-2-1-3-5-10/h1-27H;1-18,29H;1-9H. The smallest absolute Gasteiger partial charge is 0.159 e. The Morgan fingerprint density at radius 2 is 0.659 bits per heavy atom. The van der Waals surface area contributed by atoms with Gasteiger partial charge in [0.2, 0.25) is 0 Å². The van der Waals surface area contributed by atoms with Crippen molar-refractivity contribution in [2.45, 2.75) is 0 Å². The monoisotopic (exact) mass is 1150 g/mol. The second-order valence-electron chi connectivity index (χ2n) is 20.9. The maximum atomic E-state index is 6.95. The van der Waals surface area contributed by atoms with E-state index in [1.54, 1.807) is 0 Å². The van der Waals surface area contributed by atoms with Crippen LogP contribution >= 0.6 is 15.9 Å². The fraction of sp³-hybridized carbons (Fsp3) is 0. The number of hydrogen-bond acceptors (Lipinski definition) is 4. The van der Waals surface area contributed by atoms with Crippen molar-refractivity contribution in [1.82, 2.24) is 0 Å². The third kappa shape index (κ3) is 10.6. The molecule has 5 heteroatoms. The van der Waals surface area contributed by atoms with Crippen molar-refractivity contribution in [2.75, 3.05) is 10.2 Å². The fourth-order valence-electron chi connectivity index (χ4n) is 11.6. The largest absolute Gasteiger partial charge is 0.453 e. The predicted octanol–water partition coefficient (Wildman–Crippen LogP) is 23.8. The summed E-state index contributed by atoms with van der Waals surface area (Å²) < 4.78 is 14.7. The number of nitrogens with zero attached hydrogens (tertiary/aromatic N) is 1. The van der Waals surface area contributed by atoms with E-state index in [1.807, 2.05) is 30.3 Å². The number of hydrogen-bond donors (Lipinski definition) is 1. The van der Waals surface area contributed by atoms with E-state index in [4.69, 9.17) is 8.83 Å². The van der Waals surface area contributed by atoms with Crippen LogP contribution in [0.4, 0.5) is 28.4 Å². The van der Waals surface area contributed by atoms with Crippen LogP contribution in [0.2, 0.25) is 0 Å². The Balaban J connectivity index is 0.000000129. The predicted molar refractivity (Wildman–Crippen MR) is 363 cm³/mol. The second kappa shape index (κ2) is 23.6. The Morgan fingerprint density at radius 3 is 1.18 bits per heavy atom. The van der Waals surface area contributed by atoms with Crippen LogP contribution in [0.25, 0.3) is 110 Å². The molecule has 0 atom stereocenters. The molecule has 0 aliphatic heterocycles. The summed E-state index contributed by atoms with van der Waals surface area (Å²) in [5, 5.41) is 12.9. The molecular formula is C80H55BrN2O2. The van der Waals surface area contributed by atoms with Crippen LogP contribution in [0.3, 0.4) is 0 Å². The number of rotatable bonds is 9. The Morgan fingerprint density at radius 1 is 0.282 bits per heavy atom. The summed E-state index contributed by atoms with van der Waals surface area (Å²) in [6.45, 7) is 0. The highest BCUT2D eigenvalue weighted by Crippen LogP contribution is 2.47. The minimum atomic E-state index is 0.872. The summed E-state index contributed by atoms with van der Waals surface area (Å²) in [4.78, 5) is 2.30. The number of benzene rings is 14. The molecular weight excluding hydrogens is 1100 g/mol. The Bertz CT molecular complexity index is 4940. The number of anilines is 5. The minimum absolute atomic E-state index is 0.872. The first kappa shape index (κ1) is 52.4. The lowest BCUT2D eigenvalue weighted by molar-refractivity contribution is 0.670. The molecule has 2 heterocycles. The van der Waals surface area contributed by atoms with Gasteiger partial charge < -0.3 is 19.1 Å². The fourth-order valence-corrected chi connectivity index (χ4v) is 11.9. The van der Waals surface area contributed by atoms with Gasteiger partial charge in [-0.3, -0.25) is 0 Å². The molecule has 0 aliphatic rings. The maximum absolute atomic E-state index is 6.95. The van der Waals surface area contributed by atoms with E-state index < -0.39 is 0 Å². The highest BCUT2D eigenvalue weighted by Gasteiger charge is 2.23. The van der Waals surface area contributed by atoms with Crippen LogP contribution in [0.5, 0.6) is 0 Å². The van der Waals surface area contributed by atoms with Crippen molar-refractivity contribution in [3.8, 4) is 44.5 Å². The van der Waals surface area contributed by atoms with E-state index in [0.717, 1.165) is 93.7 Å². The number of para-hydroxylation sites is 4. The third-order valence-electron chi connectivity index (χ3n) is 15.6. The van der Waals surface area contributed by atoms with E-state index >= 15 is 0 Å². The topological polar surface area (TPSA) is 41.6 Å². The first-order chi connectivity index (χ1) is 42.1. The van der Waals surface area contributed by atoms with Gasteiger partial charge in [0.25, 0.3) is 0 Å². The molecule has 14 aromatic carbocycles. The zero-order chi connectivity index (χ0) is 56.9. The third-order valence-corrected chi connectivity index (χ3v) is 16.1. The first-order valence-electron chi connectivity index (χ1n) is 28.6. The normalized spacial score (nSPS) is 11.1. The summed E-state index contributed by atoms with van der Waals surface area (Å²) in [5.74, 6) is 0. The van der Waals surface area contributed by atoms with E-state index in [0.29, 0.717) is 0 Å². The molecule has 85 heavy (non-hydrogen) atoms. The number of furan rings is 2. The zero-order valence-electron chi connectivity index (χ0n) is 46.3. The van der Waals surface area contributed by atoms with Crippen molar-refractivity contribution < 1.29 is 8.83 Å². The van der Waals surface area contributed by atoms with Crippen molar-refractivity contribution in [1.29, 1.82) is 0 Å². The highest BCUT2D eigenvalue weighted by molar-refractivity contribution is 9.10. The Kier molecular flexibility index (Phi) is 14.6. The lowest BCUT2D eigenvalue weighted by Gasteiger charge is -2.25. The number of nitrogens with one attached hydrogen (secondary N) is 1. The molecule has 16 aromatic rings. The molecule has 16 rings (SSSR count). The molecule has 0 fully saturated rings. The molecule has 0 radical (unpaired) electrons. The summed E-state index contributed by atoms with van der Waals surface area (Å²) in [6, 6.07) is 114. The second-order valence-corrected chi connectivity index (χ2v) is 21.8. The van der Waals surface area contributed by atoms with Gasteiger partial charge in [-0.15, -0.1) is 0 Å². The summed E-state index contributed by atoms with van der Waals surface area (Å²) in [6.07, 6.45) is 0. The van der Waals surface area contributed by atoms with Crippen LogP contribution in [0.15, 0.2) is 341 Å². The van der Waals surface area contributed by atoms with Gasteiger partial charge in [0, 0.05) is 54.2 Å². The molecule has 404 valence electrons. The molecule has 0 saturated carbocycles. The zero-order valence-corrected chi connectivity index (χ0v) is 47.9. The van der Waals surface area contributed by atoms with Crippen LogP contribution in [0, 0.1) is 0 Å². The summed E-state index contributed by atoms with van der Waals surface area (Å²) in [5.41, 5.74) is 18.2. The molecule has 0 amide bonds. The van der Waals surface area contributed by atoms with Crippen molar-refractivity contribution in [3.05, 3.63) is 332 Å². The molecule has 2 aromatic heterocycles. The van der Waals surface area contributed by atoms with Crippen LogP contribution < -0.4 is 10.2 Å². The van der Waals surface area contributed by atoms with Gasteiger partial charge in [0.1, 0.15) is 11.2 Å². The molecule has 0 spiro atoms. The molecule has 4 nitrogen and oxygen atoms in total. The Labute approximate surface area is 502 Å². The van der Waals surface area contributed by atoms with Gasteiger partial charge in [-0.25, -0.2) is 0 Å². The Hall–Kier alpha value is -10.7. The van der Waals surface area contributed by atoms with Crippen molar-refractivity contribution in [3.63, 3.8) is 0 Å². The van der Waals surface area contributed by atoms with Gasteiger partial charge in [-0.1, -0.05) is 271 Å². The molecule has 0 saturated heterocycles. The summed E-state index contributed by atoms with van der Waals surface area (Å²) in [7, 11) is 0. The first-order valence-corrected chi connectivity index (χ1v) is 29.4. The van der Waals surface area contributed by atoms with Gasteiger partial charge in [-0.2, -0.15) is 0 Å². The van der Waals surface area contributed by atoms with Gasteiger partial charge in [0.05, 0.1) is 11.4 Å². The average Bonchev–Trinajstić information content (AvgIpc) is 1.88. The van der Waals surface area contributed by atoms with Crippen molar-refractivity contribution in [2.24, 2.45) is 0 Å². The maximum Gasteiger partial charge on any atom is 0.159 e. The SMILES string of the molecule is Brc1ccc(-c2ccccc2)cc1.c1ccc(-c2ccc(N(c3ccccc3)c3cccc4c3oc3c(-c5ccccc5)cc5ccccc5c34)cc2)cc1.c1ccc(Nc2cccc3c2oc2c(-c4ccccc4)cc4ccccc4c23)cc1. The van der Waals surface area contributed by atoms with Crippen LogP contribution in [-0.4, -0.2) is 0 Å². The highest BCUT2D eigenvalue weighted by atomic mass is 79.9. The summed E-state index contributed by atoms with van der Waals surface area (Å²) >= 11 is 3.42. The quantitative estimate of drug-likeness (QED) is 0.156. The van der Waals surface area contributed by atoms with E-state index in [9.17, 15) is 0 Å². The van der Waals surface area contributed by atoms with Crippen LogP contribution in [0.1, 0.15) is 0 Å². The van der Waals surface area contributed by atoms with Gasteiger partial charge >= 0.3 is 0 Å². The van der Waals surface area contributed by atoms with Gasteiger partial charge in [-0.05, 0) is 128 Å². The van der Waals surface area contributed by atoms with E-state index in [2.05, 4.69) is 323 Å². The number of halogens is 1. The average molecular weight is 1160 g/mol. The van der Waals surface area contributed by atoms with Crippen molar-refractivity contribution >= 4 is 110 Å².